The van der Waals surface area contributed by atoms with Crippen LogP contribution in [0.15, 0.2) is 28.6 Å². The molecule has 0 unspecified atom stereocenters. The Labute approximate surface area is 101 Å². The normalized spacial score (nSPS) is 11.4. The van der Waals surface area contributed by atoms with Crippen LogP contribution in [-0.4, -0.2) is 15.8 Å². The summed E-state index contributed by atoms with van der Waals surface area (Å²) in [5, 5.41) is 14.7. The van der Waals surface area contributed by atoms with Crippen LogP contribution < -0.4 is 5.32 Å². The van der Waals surface area contributed by atoms with Gasteiger partial charge < -0.3 is 0 Å². The molecule has 0 aliphatic carbocycles. The Balaban J connectivity index is 2.36. The standard InChI is InChI=1S/C10H8N4S2/c1-15-10(12-6-11)13-8-2-3-9-7(4-8)5-16-14-9/h2-5H,1H3,(H,12,13). The zero-order chi connectivity index (χ0) is 11.4. The Morgan fingerprint density at radius 2 is 2.50 bits per heavy atom. The fourth-order valence-electron chi connectivity index (χ4n) is 1.22. The lowest BCUT2D eigenvalue weighted by molar-refractivity contribution is 1.28. The van der Waals surface area contributed by atoms with Crippen LogP contribution in [0.3, 0.4) is 0 Å². The monoisotopic (exact) mass is 248 g/mol. The van der Waals surface area contributed by atoms with Crippen molar-refractivity contribution in [1.29, 1.82) is 5.26 Å². The third kappa shape index (κ3) is 2.32. The Hall–Kier alpha value is -1.58. The van der Waals surface area contributed by atoms with Crippen molar-refractivity contribution < 1.29 is 0 Å². The summed E-state index contributed by atoms with van der Waals surface area (Å²) < 4.78 is 4.22. The van der Waals surface area contributed by atoms with Crippen LogP contribution in [0.2, 0.25) is 0 Å². The molecule has 0 fully saturated rings. The molecule has 0 amide bonds. The Kier molecular flexibility index (Phi) is 3.39. The number of benzene rings is 1. The molecule has 2 rings (SSSR count). The summed E-state index contributed by atoms with van der Waals surface area (Å²) in [5.41, 5.74) is 1.79. The molecule has 2 aromatic rings. The summed E-state index contributed by atoms with van der Waals surface area (Å²) in [6.07, 6.45) is 3.73. The van der Waals surface area contributed by atoms with Crippen molar-refractivity contribution in [2.75, 3.05) is 6.26 Å². The molecule has 0 aliphatic heterocycles. The number of thioether (sulfide) groups is 1. The van der Waals surface area contributed by atoms with Crippen molar-refractivity contribution in [2.24, 2.45) is 4.99 Å². The molecule has 0 saturated carbocycles. The van der Waals surface area contributed by atoms with Gasteiger partial charge in [-0.3, -0.25) is 5.32 Å². The summed E-state index contributed by atoms with van der Waals surface area (Å²) in [7, 11) is 0. The second-order valence-electron chi connectivity index (χ2n) is 2.92. The van der Waals surface area contributed by atoms with Gasteiger partial charge in [0.05, 0.1) is 11.2 Å². The van der Waals surface area contributed by atoms with Gasteiger partial charge in [-0.05, 0) is 36.0 Å². The minimum Gasteiger partial charge on any atom is -0.271 e. The van der Waals surface area contributed by atoms with Gasteiger partial charge in [0.2, 0.25) is 0 Å². The maximum atomic E-state index is 8.52. The fraction of sp³-hybridized carbons (Fsp3) is 0.100. The maximum absolute atomic E-state index is 8.52. The molecule has 16 heavy (non-hydrogen) atoms. The zero-order valence-corrected chi connectivity index (χ0v) is 10.1. The van der Waals surface area contributed by atoms with E-state index in [0.29, 0.717) is 5.17 Å². The molecule has 0 spiro atoms. The molecule has 0 radical (unpaired) electrons. The molecule has 1 aromatic heterocycles. The van der Waals surface area contributed by atoms with Gasteiger partial charge in [-0.1, -0.05) is 11.8 Å². The quantitative estimate of drug-likeness (QED) is 0.365. The highest BCUT2D eigenvalue weighted by Crippen LogP contribution is 2.22. The number of hydrogen-bond acceptors (Lipinski definition) is 5. The van der Waals surface area contributed by atoms with E-state index in [-0.39, 0.29) is 0 Å². The summed E-state index contributed by atoms with van der Waals surface area (Å²) in [6, 6.07) is 5.76. The number of rotatable bonds is 1. The van der Waals surface area contributed by atoms with Gasteiger partial charge in [0.1, 0.15) is 0 Å². The topological polar surface area (TPSA) is 61.1 Å². The molecule has 1 heterocycles. The molecule has 0 atom stereocenters. The summed E-state index contributed by atoms with van der Waals surface area (Å²) >= 11 is 2.82. The van der Waals surface area contributed by atoms with E-state index in [0.717, 1.165) is 16.6 Å². The van der Waals surface area contributed by atoms with Crippen molar-refractivity contribution in [3.05, 3.63) is 23.6 Å². The fourth-order valence-corrected chi connectivity index (χ4v) is 2.20. The average Bonchev–Trinajstić information content (AvgIpc) is 2.75. The van der Waals surface area contributed by atoms with E-state index in [4.69, 9.17) is 5.26 Å². The van der Waals surface area contributed by atoms with Crippen LogP contribution in [0.4, 0.5) is 5.69 Å². The summed E-state index contributed by atoms with van der Waals surface area (Å²) in [5.74, 6) is 0. The van der Waals surface area contributed by atoms with Gasteiger partial charge in [0.25, 0.3) is 0 Å². The van der Waals surface area contributed by atoms with E-state index < -0.39 is 0 Å². The number of fused-ring (bicyclic) bond motifs is 1. The molecule has 6 heteroatoms. The third-order valence-electron chi connectivity index (χ3n) is 1.93. The molecule has 0 saturated heterocycles. The largest absolute Gasteiger partial charge is 0.271 e. The Morgan fingerprint density at radius 1 is 1.62 bits per heavy atom. The number of nitrogens with one attached hydrogen (secondary N) is 1. The molecule has 4 nitrogen and oxygen atoms in total. The van der Waals surface area contributed by atoms with E-state index in [2.05, 4.69) is 14.7 Å². The van der Waals surface area contributed by atoms with Crippen molar-refractivity contribution in [3.8, 4) is 6.19 Å². The van der Waals surface area contributed by atoms with Crippen LogP contribution in [-0.2, 0) is 0 Å². The van der Waals surface area contributed by atoms with E-state index in [1.807, 2.05) is 36.0 Å². The second-order valence-corrected chi connectivity index (χ2v) is 4.34. The SMILES string of the molecule is CSC(=Nc1ccc2nscc2c1)NC#N. The number of nitriles is 1. The number of nitrogens with zero attached hydrogens (tertiary/aromatic N) is 3. The van der Waals surface area contributed by atoms with Crippen molar-refractivity contribution in [1.82, 2.24) is 9.69 Å². The first-order chi connectivity index (χ1) is 7.83. The van der Waals surface area contributed by atoms with Gasteiger partial charge in [0.15, 0.2) is 11.4 Å². The molecule has 0 aliphatic rings. The minimum atomic E-state index is 0.588. The zero-order valence-electron chi connectivity index (χ0n) is 8.47. The number of hydrogen-bond donors (Lipinski definition) is 1. The molecule has 80 valence electrons. The van der Waals surface area contributed by atoms with E-state index >= 15 is 0 Å². The first kappa shape index (κ1) is 10.9. The van der Waals surface area contributed by atoms with Crippen molar-refractivity contribution in [3.63, 3.8) is 0 Å². The molecular formula is C10H8N4S2. The highest BCUT2D eigenvalue weighted by atomic mass is 32.2. The average molecular weight is 248 g/mol. The summed E-state index contributed by atoms with van der Waals surface area (Å²) in [4.78, 5) is 4.32. The van der Waals surface area contributed by atoms with Gasteiger partial charge in [-0.2, -0.15) is 9.64 Å². The number of amidine groups is 1. The van der Waals surface area contributed by atoms with Crippen LogP contribution in [0.1, 0.15) is 0 Å². The van der Waals surface area contributed by atoms with Crippen molar-refractivity contribution in [2.45, 2.75) is 0 Å². The smallest absolute Gasteiger partial charge is 0.183 e. The van der Waals surface area contributed by atoms with Crippen LogP contribution in [0.5, 0.6) is 0 Å². The van der Waals surface area contributed by atoms with Gasteiger partial charge in [-0.15, -0.1) is 0 Å². The van der Waals surface area contributed by atoms with Crippen LogP contribution in [0, 0.1) is 11.5 Å². The lowest BCUT2D eigenvalue weighted by Gasteiger charge is -1.99. The molecule has 1 N–H and O–H groups in total. The first-order valence-corrected chi connectivity index (χ1v) is 6.51. The molecular weight excluding hydrogens is 240 g/mol. The minimum absolute atomic E-state index is 0.588. The summed E-state index contributed by atoms with van der Waals surface area (Å²) in [6.45, 7) is 0. The van der Waals surface area contributed by atoms with Gasteiger partial charge >= 0.3 is 0 Å². The number of aromatic nitrogens is 1. The van der Waals surface area contributed by atoms with Gasteiger partial charge in [0, 0.05) is 10.8 Å². The second kappa shape index (κ2) is 4.96. The van der Waals surface area contributed by atoms with Crippen LogP contribution >= 0.6 is 23.3 Å². The number of aliphatic imine (C=N–C) groups is 1. The van der Waals surface area contributed by atoms with E-state index in [1.54, 1.807) is 0 Å². The highest BCUT2D eigenvalue weighted by Gasteiger charge is 1.99. The predicted octanol–water partition coefficient (Wildman–Crippen LogP) is 2.72. The Bertz CT molecular complexity index is 567. The van der Waals surface area contributed by atoms with Gasteiger partial charge in [-0.25, -0.2) is 4.99 Å². The molecule has 1 aromatic carbocycles. The van der Waals surface area contributed by atoms with E-state index in [9.17, 15) is 0 Å². The third-order valence-corrected chi connectivity index (χ3v) is 3.17. The first-order valence-electron chi connectivity index (χ1n) is 4.45. The molecule has 0 bridgehead atoms. The predicted molar refractivity (Wildman–Crippen MR) is 69.0 cm³/mol. The van der Waals surface area contributed by atoms with Crippen LogP contribution in [0.25, 0.3) is 10.9 Å². The lowest BCUT2D eigenvalue weighted by Crippen LogP contribution is -2.12. The lowest BCUT2D eigenvalue weighted by atomic mass is 10.2. The van der Waals surface area contributed by atoms with Crippen molar-refractivity contribution >= 4 is 45.1 Å². The van der Waals surface area contributed by atoms with E-state index in [1.165, 1.54) is 23.3 Å². The highest BCUT2D eigenvalue weighted by molar-refractivity contribution is 8.13. The maximum Gasteiger partial charge on any atom is 0.183 e. The Morgan fingerprint density at radius 3 is 3.25 bits per heavy atom.